The van der Waals surface area contributed by atoms with Gasteiger partial charge >= 0.3 is 0 Å². The van der Waals surface area contributed by atoms with Crippen LogP contribution >= 0.6 is 0 Å². The molecule has 23 heavy (non-hydrogen) atoms. The molecule has 1 saturated carbocycles. The minimum atomic E-state index is 0.182. The van der Waals surface area contributed by atoms with Gasteiger partial charge in [0.2, 0.25) is 11.8 Å². The summed E-state index contributed by atoms with van der Waals surface area (Å²) in [5.74, 6) is 1.78. The van der Waals surface area contributed by atoms with Crippen molar-refractivity contribution in [1.29, 1.82) is 0 Å². The Kier molecular flexibility index (Phi) is 4.95. The number of carbonyl (C=O) groups excluding carboxylic acids is 1. The molecular formula is C18H22N2O3. The molecule has 5 nitrogen and oxygen atoms in total. The Labute approximate surface area is 136 Å². The molecule has 1 fully saturated rings. The standard InChI is InChI=1S/C18H22N2O3/c1-22-16-8-6-14(7-9-16)18-20-15(12-23-18)10-11-19-17(21)13-4-2-3-5-13/h6-9,12-13H,2-5,10-11H2,1H3,(H,19,21). The van der Waals surface area contributed by atoms with Crippen molar-refractivity contribution in [3.8, 4) is 17.2 Å². The number of methoxy groups -OCH3 is 1. The van der Waals surface area contributed by atoms with E-state index in [0.29, 0.717) is 18.9 Å². The highest BCUT2D eigenvalue weighted by molar-refractivity contribution is 5.78. The highest BCUT2D eigenvalue weighted by Gasteiger charge is 2.22. The molecule has 0 bridgehead atoms. The van der Waals surface area contributed by atoms with Crippen LogP contribution in [0.2, 0.25) is 0 Å². The molecule has 2 aromatic rings. The highest BCUT2D eigenvalue weighted by Crippen LogP contribution is 2.24. The number of aromatic nitrogens is 1. The average molecular weight is 314 g/mol. The smallest absolute Gasteiger partial charge is 0.226 e. The fraction of sp³-hybridized carbons (Fsp3) is 0.444. The van der Waals surface area contributed by atoms with Crippen molar-refractivity contribution >= 4 is 5.91 Å². The van der Waals surface area contributed by atoms with Crippen molar-refractivity contribution in [1.82, 2.24) is 10.3 Å². The molecule has 0 spiro atoms. The zero-order valence-corrected chi connectivity index (χ0v) is 13.4. The Bertz CT molecular complexity index is 643. The molecule has 1 aliphatic rings. The van der Waals surface area contributed by atoms with E-state index < -0.39 is 0 Å². The largest absolute Gasteiger partial charge is 0.497 e. The molecule has 0 atom stereocenters. The van der Waals surface area contributed by atoms with E-state index in [9.17, 15) is 4.79 Å². The van der Waals surface area contributed by atoms with Gasteiger partial charge in [-0.05, 0) is 37.1 Å². The van der Waals surface area contributed by atoms with Gasteiger partial charge < -0.3 is 14.5 Å². The van der Waals surface area contributed by atoms with Gasteiger partial charge in [0, 0.05) is 24.4 Å². The summed E-state index contributed by atoms with van der Waals surface area (Å²) in [6.45, 7) is 0.601. The highest BCUT2D eigenvalue weighted by atomic mass is 16.5. The Morgan fingerprint density at radius 3 is 2.74 bits per heavy atom. The number of hydrogen-bond donors (Lipinski definition) is 1. The van der Waals surface area contributed by atoms with Crippen molar-refractivity contribution in [3.63, 3.8) is 0 Å². The van der Waals surface area contributed by atoms with Crippen molar-refractivity contribution in [2.24, 2.45) is 5.92 Å². The lowest BCUT2D eigenvalue weighted by Gasteiger charge is -2.09. The van der Waals surface area contributed by atoms with E-state index in [0.717, 1.165) is 29.8 Å². The van der Waals surface area contributed by atoms with Crippen LogP contribution in [0.1, 0.15) is 31.4 Å². The number of ether oxygens (including phenoxy) is 1. The number of benzene rings is 1. The van der Waals surface area contributed by atoms with Crippen LogP contribution in [0.15, 0.2) is 34.9 Å². The lowest BCUT2D eigenvalue weighted by Crippen LogP contribution is -2.30. The molecular weight excluding hydrogens is 292 g/mol. The minimum Gasteiger partial charge on any atom is -0.497 e. The quantitative estimate of drug-likeness (QED) is 0.889. The molecule has 0 saturated heterocycles. The molecule has 5 heteroatoms. The Morgan fingerprint density at radius 1 is 1.30 bits per heavy atom. The van der Waals surface area contributed by atoms with Crippen molar-refractivity contribution in [2.75, 3.05) is 13.7 Å². The third kappa shape index (κ3) is 3.92. The number of nitrogens with one attached hydrogen (secondary N) is 1. The molecule has 122 valence electrons. The third-order valence-corrected chi connectivity index (χ3v) is 4.30. The maximum atomic E-state index is 12.0. The lowest BCUT2D eigenvalue weighted by atomic mass is 10.1. The van der Waals surface area contributed by atoms with Gasteiger partial charge in [-0.3, -0.25) is 4.79 Å². The summed E-state index contributed by atoms with van der Waals surface area (Å²) in [6, 6.07) is 7.58. The van der Waals surface area contributed by atoms with Gasteiger partial charge in [0.1, 0.15) is 12.0 Å². The number of hydrogen-bond acceptors (Lipinski definition) is 4. The van der Waals surface area contributed by atoms with Gasteiger partial charge in [-0.1, -0.05) is 12.8 Å². The topological polar surface area (TPSA) is 64.4 Å². The first-order valence-corrected chi connectivity index (χ1v) is 8.13. The summed E-state index contributed by atoms with van der Waals surface area (Å²) in [5, 5.41) is 3.00. The second kappa shape index (κ2) is 7.31. The van der Waals surface area contributed by atoms with E-state index in [-0.39, 0.29) is 11.8 Å². The molecule has 1 aromatic heterocycles. The van der Waals surface area contributed by atoms with Crippen LogP contribution in [-0.2, 0) is 11.2 Å². The summed E-state index contributed by atoms with van der Waals surface area (Å²) >= 11 is 0. The maximum absolute atomic E-state index is 12.0. The van der Waals surface area contributed by atoms with E-state index in [2.05, 4.69) is 10.3 Å². The molecule has 1 N–H and O–H groups in total. The van der Waals surface area contributed by atoms with E-state index in [1.54, 1.807) is 13.4 Å². The van der Waals surface area contributed by atoms with Gasteiger partial charge in [-0.15, -0.1) is 0 Å². The number of nitrogens with zero attached hydrogens (tertiary/aromatic N) is 1. The zero-order chi connectivity index (χ0) is 16.1. The number of amides is 1. The van der Waals surface area contributed by atoms with Gasteiger partial charge in [0.15, 0.2) is 0 Å². The third-order valence-electron chi connectivity index (χ3n) is 4.30. The molecule has 0 unspecified atom stereocenters. The molecule has 1 aliphatic carbocycles. The molecule has 1 aromatic carbocycles. The van der Waals surface area contributed by atoms with Crippen LogP contribution in [0.3, 0.4) is 0 Å². The van der Waals surface area contributed by atoms with Gasteiger partial charge in [0.05, 0.1) is 12.8 Å². The first-order valence-electron chi connectivity index (χ1n) is 8.13. The predicted molar refractivity (Wildman–Crippen MR) is 87.2 cm³/mol. The van der Waals surface area contributed by atoms with Gasteiger partial charge in [-0.25, -0.2) is 4.98 Å². The van der Waals surface area contributed by atoms with Gasteiger partial charge in [0.25, 0.3) is 0 Å². The first kappa shape index (κ1) is 15.6. The normalized spacial score (nSPS) is 14.8. The van der Waals surface area contributed by atoms with Crippen LogP contribution in [0.25, 0.3) is 11.5 Å². The summed E-state index contributed by atoms with van der Waals surface area (Å²) in [5.41, 5.74) is 1.76. The fourth-order valence-electron chi connectivity index (χ4n) is 2.93. The Hall–Kier alpha value is -2.30. The number of oxazole rings is 1. The molecule has 0 radical (unpaired) electrons. The Morgan fingerprint density at radius 2 is 2.04 bits per heavy atom. The van der Waals surface area contributed by atoms with Crippen molar-refractivity contribution < 1.29 is 13.9 Å². The van der Waals surface area contributed by atoms with Crippen LogP contribution in [0.5, 0.6) is 5.75 Å². The van der Waals surface area contributed by atoms with Crippen LogP contribution < -0.4 is 10.1 Å². The molecule has 3 rings (SSSR count). The number of rotatable bonds is 6. The maximum Gasteiger partial charge on any atom is 0.226 e. The monoisotopic (exact) mass is 314 g/mol. The fourth-order valence-corrected chi connectivity index (χ4v) is 2.93. The molecule has 1 amide bonds. The summed E-state index contributed by atoms with van der Waals surface area (Å²) in [7, 11) is 1.64. The second-order valence-electron chi connectivity index (χ2n) is 5.89. The number of carbonyl (C=O) groups is 1. The van der Waals surface area contributed by atoms with Crippen LogP contribution in [-0.4, -0.2) is 24.5 Å². The molecule has 0 aliphatic heterocycles. The van der Waals surface area contributed by atoms with Crippen LogP contribution in [0, 0.1) is 5.92 Å². The van der Waals surface area contributed by atoms with E-state index in [1.165, 1.54) is 12.8 Å². The Balaban J connectivity index is 1.51. The molecule has 1 heterocycles. The van der Waals surface area contributed by atoms with E-state index >= 15 is 0 Å². The minimum absolute atomic E-state index is 0.182. The van der Waals surface area contributed by atoms with E-state index in [4.69, 9.17) is 9.15 Å². The van der Waals surface area contributed by atoms with Crippen LogP contribution in [0.4, 0.5) is 0 Å². The SMILES string of the molecule is COc1ccc(-c2nc(CCNC(=O)C3CCCC3)co2)cc1. The summed E-state index contributed by atoms with van der Waals surface area (Å²) in [4.78, 5) is 16.4. The van der Waals surface area contributed by atoms with E-state index in [1.807, 2.05) is 24.3 Å². The summed E-state index contributed by atoms with van der Waals surface area (Å²) < 4.78 is 10.7. The van der Waals surface area contributed by atoms with Gasteiger partial charge in [-0.2, -0.15) is 0 Å². The van der Waals surface area contributed by atoms with Crippen molar-refractivity contribution in [2.45, 2.75) is 32.1 Å². The predicted octanol–water partition coefficient (Wildman–Crippen LogP) is 3.20. The average Bonchev–Trinajstić information content (AvgIpc) is 3.27. The summed E-state index contributed by atoms with van der Waals surface area (Å²) in [6.07, 6.45) is 6.73. The first-order chi connectivity index (χ1) is 11.3. The lowest BCUT2D eigenvalue weighted by molar-refractivity contribution is -0.124. The zero-order valence-electron chi connectivity index (χ0n) is 13.4. The second-order valence-corrected chi connectivity index (χ2v) is 5.89. The van der Waals surface area contributed by atoms with Crippen molar-refractivity contribution in [3.05, 3.63) is 36.2 Å².